The van der Waals surface area contributed by atoms with E-state index in [1.54, 1.807) is 0 Å². The Labute approximate surface area is 318 Å². The third-order valence-corrected chi connectivity index (χ3v) is 10.8. The molecule has 1 nitrogen and oxygen atoms in total. The predicted octanol–water partition coefficient (Wildman–Crippen LogP) is 10.0. The van der Waals surface area contributed by atoms with Gasteiger partial charge in [0, 0.05) is 65.4 Å². The molecule has 4 rings (SSSR count). The second-order valence-corrected chi connectivity index (χ2v) is 12.8. The van der Waals surface area contributed by atoms with Gasteiger partial charge in [-0.05, 0) is 124 Å². The minimum absolute atomic E-state index is 0. The molecule has 0 heterocycles. The number of aryl methyl sites for hydroxylation is 4. The van der Waals surface area contributed by atoms with Crippen molar-refractivity contribution < 1.29 is 70.2 Å². The first-order chi connectivity index (χ1) is 19.6. The maximum atomic E-state index is 14.8. The maximum absolute atomic E-state index is 14.8. The van der Waals surface area contributed by atoms with Crippen LogP contribution in [0.25, 0.3) is 0 Å². The van der Waals surface area contributed by atoms with Crippen molar-refractivity contribution >= 4 is 5.78 Å². The van der Waals surface area contributed by atoms with Crippen molar-refractivity contribution in [2.24, 2.45) is 0 Å². The Morgan fingerprint density at radius 3 is 1.09 bits per heavy atom. The van der Waals surface area contributed by atoms with Gasteiger partial charge >= 0.3 is 0 Å². The van der Waals surface area contributed by atoms with Crippen LogP contribution in [0.4, 0.5) is 0 Å². The minimum Gasteiger partial charge on any atom is -0.348 e. The Kier molecular flexibility index (Phi) is 13.4. The number of hydrogen-bond acceptors (Lipinski definition) is 1. The molecular weight excluding hydrogens is 686 g/mol. The summed E-state index contributed by atoms with van der Waals surface area (Å²) in [6.45, 7) is 30.4. The van der Waals surface area contributed by atoms with Crippen LogP contribution in [0.5, 0.6) is 0 Å². The van der Waals surface area contributed by atoms with Crippen LogP contribution in [0.3, 0.4) is 0 Å². The van der Waals surface area contributed by atoms with Gasteiger partial charge in [0.25, 0.3) is 0 Å². The molecule has 0 spiro atoms. The van der Waals surface area contributed by atoms with Crippen molar-refractivity contribution in [3.8, 4) is 0 Å². The van der Waals surface area contributed by atoms with Crippen LogP contribution in [0, 0.1) is 109 Å². The number of carbonyl (C=O) groups excluding carboxylic acids is 1. The molecule has 0 saturated heterocycles. The first kappa shape index (κ1) is 38.9. The van der Waals surface area contributed by atoms with Crippen LogP contribution in [0.15, 0.2) is 12.1 Å². The number of hydrogen-bond donors (Lipinski definition) is 0. The summed E-state index contributed by atoms with van der Waals surface area (Å²) in [6, 6.07) is 11.8. The Morgan fingerprint density at radius 2 is 0.773 bits per heavy atom. The predicted molar refractivity (Wildman–Crippen MR) is 179 cm³/mol. The summed E-state index contributed by atoms with van der Waals surface area (Å²) < 4.78 is 0. The summed E-state index contributed by atoms with van der Waals surface area (Å²) in [4.78, 5) is 14.8. The number of benzene rings is 4. The molecule has 0 fully saturated rings. The molecule has 0 aromatic heterocycles. The number of rotatable bonds is 6. The van der Waals surface area contributed by atoms with Crippen LogP contribution in [0.1, 0.15) is 116 Å². The summed E-state index contributed by atoms with van der Waals surface area (Å²) in [5, 5.41) is 0. The molecule has 0 aliphatic rings. The van der Waals surface area contributed by atoms with Crippen LogP contribution >= 0.6 is 0 Å². The van der Waals surface area contributed by atoms with E-state index in [1.165, 1.54) is 77.9 Å². The van der Waals surface area contributed by atoms with Gasteiger partial charge in [-0.3, -0.25) is 0 Å². The fourth-order valence-corrected chi connectivity index (χ4v) is 6.40. The summed E-state index contributed by atoms with van der Waals surface area (Å²) >= 11 is 0. The fourth-order valence-electron chi connectivity index (χ4n) is 6.40. The minimum atomic E-state index is 0. The zero-order valence-corrected chi connectivity index (χ0v) is 35.3. The quantitative estimate of drug-likeness (QED) is 0.142. The van der Waals surface area contributed by atoms with Gasteiger partial charge < -0.3 is 4.79 Å². The topological polar surface area (TPSA) is 17.1 Å². The molecule has 0 unspecified atom stereocenters. The Hall–Kier alpha value is -1.24. The van der Waals surface area contributed by atoms with Crippen molar-refractivity contribution in [2.75, 3.05) is 0 Å². The third kappa shape index (κ3) is 7.18. The van der Waals surface area contributed by atoms with Crippen molar-refractivity contribution in [2.45, 2.75) is 110 Å². The molecule has 4 aromatic carbocycles. The largest absolute Gasteiger partial charge is 0.348 e. The van der Waals surface area contributed by atoms with Gasteiger partial charge in [0.05, 0.1) is 5.78 Å². The van der Waals surface area contributed by atoms with E-state index in [4.69, 9.17) is 0 Å². The van der Waals surface area contributed by atoms with Crippen LogP contribution in [-0.2, 0) is 78.3 Å². The zero-order chi connectivity index (χ0) is 31.4. The molecule has 2 radical (unpaired) electrons. The normalized spacial score (nSPS) is 10.9. The molecule has 0 N–H and O–H groups in total. The van der Waals surface area contributed by atoms with Crippen LogP contribution in [0.2, 0.25) is 0 Å². The van der Waals surface area contributed by atoms with Gasteiger partial charge in [-0.2, -0.15) is 0 Å². The van der Waals surface area contributed by atoms with E-state index in [0.29, 0.717) is 24.0 Å². The van der Waals surface area contributed by atoms with Crippen molar-refractivity contribution in [3.63, 3.8) is 0 Å². The van der Waals surface area contributed by atoms with Crippen molar-refractivity contribution in [1.29, 1.82) is 0 Å². The van der Waals surface area contributed by atoms with Gasteiger partial charge in [-0.1, -0.05) is 53.7 Å². The van der Waals surface area contributed by atoms with E-state index < -0.39 is 0 Å². The zero-order valence-electron chi connectivity index (χ0n) is 29.6. The molecular formula is C41H48OY2-2. The van der Waals surface area contributed by atoms with E-state index in [0.717, 1.165) is 22.3 Å². The molecule has 0 bridgehead atoms. The monoisotopic (exact) mass is 734 g/mol. The summed E-state index contributed by atoms with van der Waals surface area (Å²) in [5.74, 6) is 0.0359. The van der Waals surface area contributed by atoms with Crippen LogP contribution in [-0.4, -0.2) is 5.78 Å². The first-order valence-electron chi connectivity index (χ1n) is 15.3. The Bertz CT molecular complexity index is 1640. The standard InChI is InChI=1S/C41H48O.2Y/c1-21-15-35(31(11)29(9)25(21)5)19-37-33(13)27(7)23(3)17-39(37)41(42)40-18-24(4)28(8)34(14)38(40)20-36-16-22(2)26(6)30(10)32(36)12;;/h15-16H,19-20H2,1-14H3;;/q-2;;. The summed E-state index contributed by atoms with van der Waals surface area (Å²) in [6.07, 6.45) is 1.43. The SMILES string of the molecule is Cc1[c-]c(C(=O)c2[c-]c(C)c(C)c(C)c2Cc2cc(C)c(C)c(C)c2C)c(Cc2cc(C)c(C)c(C)c2C)c(C)c1C.[Y].[Y]. The molecule has 226 valence electrons. The van der Waals surface area contributed by atoms with Gasteiger partial charge in [0.2, 0.25) is 0 Å². The van der Waals surface area contributed by atoms with E-state index >= 15 is 0 Å². The maximum Gasteiger partial charge on any atom is 0.0901 e. The molecule has 0 amide bonds. The van der Waals surface area contributed by atoms with Crippen molar-refractivity contribution in [1.82, 2.24) is 0 Å². The van der Waals surface area contributed by atoms with E-state index in [-0.39, 0.29) is 71.2 Å². The first-order valence-corrected chi connectivity index (χ1v) is 15.3. The van der Waals surface area contributed by atoms with E-state index in [2.05, 4.69) is 121 Å². The van der Waals surface area contributed by atoms with Gasteiger partial charge in [-0.15, -0.1) is 67.8 Å². The molecule has 3 heteroatoms. The van der Waals surface area contributed by atoms with Gasteiger partial charge in [0.15, 0.2) is 0 Å². The molecule has 0 aliphatic heterocycles. The van der Waals surface area contributed by atoms with Gasteiger partial charge in [-0.25, -0.2) is 0 Å². The second kappa shape index (κ2) is 15.1. The number of ketones is 1. The average molecular weight is 735 g/mol. The van der Waals surface area contributed by atoms with Crippen LogP contribution < -0.4 is 0 Å². The molecule has 0 atom stereocenters. The van der Waals surface area contributed by atoms with E-state index in [9.17, 15) is 4.79 Å². The summed E-state index contributed by atoms with van der Waals surface area (Å²) in [7, 11) is 0. The van der Waals surface area contributed by atoms with Crippen molar-refractivity contribution in [3.05, 3.63) is 136 Å². The molecule has 0 aliphatic carbocycles. The second-order valence-electron chi connectivity index (χ2n) is 12.8. The third-order valence-electron chi connectivity index (χ3n) is 10.8. The van der Waals surface area contributed by atoms with Gasteiger partial charge in [0.1, 0.15) is 0 Å². The Balaban J connectivity index is 0.00000337. The smallest absolute Gasteiger partial charge is 0.0901 e. The number of carbonyl (C=O) groups is 1. The fraction of sp³-hybridized carbons (Fsp3) is 0.390. The van der Waals surface area contributed by atoms with E-state index in [1.807, 2.05) is 0 Å². The molecule has 4 aromatic rings. The summed E-state index contributed by atoms with van der Waals surface area (Å²) in [5.41, 5.74) is 23.6. The molecule has 0 saturated carbocycles. The Morgan fingerprint density at radius 1 is 0.455 bits per heavy atom. The average Bonchev–Trinajstić information content (AvgIpc) is 2.95. The molecule has 44 heavy (non-hydrogen) atoms.